The lowest BCUT2D eigenvalue weighted by molar-refractivity contribution is -0.118. The Kier molecular flexibility index (Phi) is 3.87. The van der Waals surface area contributed by atoms with Gasteiger partial charge in [-0.25, -0.2) is 0 Å². The minimum atomic E-state index is -0.205. The van der Waals surface area contributed by atoms with Gasteiger partial charge in [-0.15, -0.1) is 0 Å². The molecule has 0 bridgehead atoms. The van der Waals surface area contributed by atoms with Crippen LogP contribution >= 0.6 is 0 Å². The minimum absolute atomic E-state index is 0.0249. The molecule has 6 heteroatoms. The molecule has 0 fully saturated rings. The summed E-state index contributed by atoms with van der Waals surface area (Å²) >= 11 is 0. The Hall–Kier alpha value is -2.34. The van der Waals surface area contributed by atoms with Crippen molar-refractivity contribution >= 4 is 11.7 Å². The number of hydrogen-bond donors (Lipinski definition) is 3. The van der Waals surface area contributed by atoms with Gasteiger partial charge in [-0.05, 0) is 32.0 Å². The maximum absolute atomic E-state index is 11.9. The summed E-state index contributed by atoms with van der Waals surface area (Å²) in [7, 11) is 0. The second-order valence-corrected chi connectivity index (χ2v) is 5.11. The predicted molar refractivity (Wildman–Crippen MR) is 79.3 cm³/mol. The number of carbonyl (C=O) groups is 1. The summed E-state index contributed by atoms with van der Waals surface area (Å²) in [6.07, 6.45) is 0.861. The maximum atomic E-state index is 11.9. The monoisotopic (exact) mass is 286 g/mol. The molecule has 0 unspecified atom stereocenters. The number of rotatable bonds is 4. The van der Waals surface area contributed by atoms with Crippen molar-refractivity contribution in [3.8, 4) is 5.75 Å². The number of nitrogens with zero attached hydrogens (tertiary/aromatic N) is 1. The van der Waals surface area contributed by atoms with Crippen LogP contribution in [0.1, 0.15) is 16.8 Å². The van der Waals surface area contributed by atoms with E-state index in [1.165, 1.54) is 0 Å². The van der Waals surface area contributed by atoms with E-state index < -0.39 is 0 Å². The number of aryl methyl sites for hydroxylation is 1. The molecule has 1 amide bonds. The number of carbonyl (C=O) groups excluding carboxylic acids is 1. The molecule has 2 heterocycles. The zero-order valence-electron chi connectivity index (χ0n) is 11.9. The molecule has 0 aliphatic carbocycles. The summed E-state index contributed by atoms with van der Waals surface area (Å²) in [6.45, 7) is 3.64. The Balaban J connectivity index is 1.57. The number of aromatic nitrogens is 2. The number of amides is 1. The number of hydrogen-bond acceptors (Lipinski definition) is 4. The lowest BCUT2D eigenvalue weighted by Gasteiger charge is -2.13. The molecule has 6 nitrogen and oxygen atoms in total. The molecule has 3 N–H and O–H groups in total. The van der Waals surface area contributed by atoms with Crippen molar-refractivity contribution in [1.82, 2.24) is 15.5 Å². The highest BCUT2D eigenvalue weighted by Crippen LogP contribution is 2.19. The molecule has 0 saturated heterocycles. The molecule has 1 aromatic heterocycles. The highest BCUT2D eigenvalue weighted by atomic mass is 16.5. The lowest BCUT2D eigenvalue weighted by atomic mass is 10.1. The van der Waals surface area contributed by atoms with E-state index in [1.54, 1.807) is 0 Å². The van der Waals surface area contributed by atoms with E-state index in [0.29, 0.717) is 11.6 Å². The van der Waals surface area contributed by atoms with E-state index in [2.05, 4.69) is 20.8 Å². The van der Waals surface area contributed by atoms with Gasteiger partial charge in [-0.3, -0.25) is 9.89 Å². The number of benzene rings is 1. The van der Waals surface area contributed by atoms with Crippen LogP contribution in [0, 0.1) is 6.92 Å². The van der Waals surface area contributed by atoms with Crippen molar-refractivity contribution < 1.29 is 9.53 Å². The SMILES string of the molecule is Cc1ccc(OCC(=O)Nc2n[nH]c3c2CCNC3)cc1. The Morgan fingerprint density at radius 2 is 2.19 bits per heavy atom. The third-order valence-electron chi connectivity index (χ3n) is 3.46. The minimum Gasteiger partial charge on any atom is -0.484 e. The maximum Gasteiger partial charge on any atom is 0.263 e. The molecule has 0 radical (unpaired) electrons. The third kappa shape index (κ3) is 3.22. The van der Waals surface area contributed by atoms with Crippen molar-refractivity contribution in [3.05, 3.63) is 41.1 Å². The number of nitrogens with one attached hydrogen (secondary N) is 3. The van der Waals surface area contributed by atoms with Crippen molar-refractivity contribution in [2.45, 2.75) is 19.9 Å². The fourth-order valence-corrected chi connectivity index (χ4v) is 2.30. The summed E-state index contributed by atoms with van der Waals surface area (Å²) in [5.41, 5.74) is 3.28. The van der Waals surface area contributed by atoms with Gasteiger partial charge < -0.3 is 15.4 Å². The summed E-state index contributed by atoms with van der Waals surface area (Å²) in [6, 6.07) is 7.60. The van der Waals surface area contributed by atoms with Crippen LogP contribution in [-0.4, -0.2) is 29.3 Å². The van der Waals surface area contributed by atoms with E-state index in [9.17, 15) is 4.79 Å². The van der Waals surface area contributed by atoms with Gasteiger partial charge in [0.05, 0.1) is 5.69 Å². The van der Waals surface area contributed by atoms with Gasteiger partial charge in [0.15, 0.2) is 12.4 Å². The first-order chi connectivity index (χ1) is 10.2. The zero-order chi connectivity index (χ0) is 14.7. The summed E-state index contributed by atoms with van der Waals surface area (Å²) < 4.78 is 5.45. The van der Waals surface area contributed by atoms with Crippen molar-refractivity contribution in [2.75, 3.05) is 18.5 Å². The Morgan fingerprint density at radius 1 is 1.38 bits per heavy atom. The van der Waals surface area contributed by atoms with Crippen molar-refractivity contribution in [1.29, 1.82) is 0 Å². The predicted octanol–water partition coefficient (Wildman–Crippen LogP) is 1.38. The molecule has 1 aliphatic rings. The van der Waals surface area contributed by atoms with Crippen LogP contribution in [0.2, 0.25) is 0 Å². The second-order valence-electron chi connectivity index (χ2n) is 5.11. The normalized spacial score (nSPS) is 13.6. The summed E-state index contributed by atoms with van der Waals surface area (Å²) in [5.74, 6) is 1.09. The average Bonchev–Trinajstić information content (AvgIpc) is 2.90. The van der Waals surface area contributed by atoms with Gasteiger partial charge in [-0.2, -0.15) is 5.10 Å². The first-order valence-corrected chi connectivity index (χ1v) is 6.98. The molecule has 0 saturated carbocycles. The lowest BCUT2D eigenvalue weighted by Crippen LogP contribution is -2.25. The van der Waals surface area contributed by atoms with Crippen molar-refractivity contribution in [3.63, 3.8) is 0 Å². The first kappa shape index (κ1) is 13.6. The molecule has 0 atom stereocenters. The standard InChI is InChI=1S/C15H18N4O2/c1-10-2-4-11(5-3-10)21-9-14(20)17-15-12-6-7-16-8-13(12)18-19-15/h2-5,16H,6-9H2,1H3,(H2,17,18,19,20). The Bertz CT molecular complexity index is 634. The van der Waals surface area contributed by atoms with E-state index in [4.69, 9.17) is 4.74 Å². The van der Waals surface area contributed by atoms with E-state index in [-0.39, 0.29) is 12.5 Å². The van der Waals surface area contributed by atoms with E-state index in [1.807, 2.05) is 31.2 Å². The van der Waals surface area contributed by atoms with Crippen LogP contribution in [0.5, 0.6) is 5.75 Å². The quantitative estimate of drug-likeness (QED) is 0.793. The molecule has 21 heavy (non-hydrogen) atoms. The number of H-pyrrole nitrogens is 1. The van der Waals surface area contributed by atoms with Crippen molar-refractivity contribution in [2.24, 2.45) is 0 Å². The van der Waals surface area contributed by atoms with Gasteiger partial charge in [0.25, 0.3) is 5.91 Å². The fraction of sp³-hybridized carbons (Fsp3) is 0.333. The first-order valence-electron chi connectivity index (χ1n) is 6.98. The van der Waals surface area contributed by atoms with Gasteiger partial charge in [-0.1, -0.05) is 17.7 Å². The smallest absolute Gasteiger partial charge is 0.263 e. The third-order valence-corrected chi connectivity index (χ3v) is 3.46. The van der Waals surface area contributed by atoms with Crippen LogP contribution in [0.4, 0.5) is 5.82 Å². The van der Waals surface area contributed by atoms with Crippen LogP contribution in [-0.2, 0) is 17.8 Å². The molecule has 1 aliphatic heterocycles. The second kappa shape index (κ2) is 5.97. The van der Waals surface area contributed by atoms with Crippen LogP contribution in [0.3, 0.4) is 0 Å². The fourth-order valence-electron chi connectivity index (χ4n) is 2.30. The molecular weight excluding hydrogens is 268 g/mol. The van der Waals surface area contributed by atoms with E-state index >= 15 is 0 Å². The topological polar surface area (TPSA) is 79.0 Å². The van der Waals surface area contributed by atoms with Gasteiger partial charge in [0.2, 0.25) is 0 Å². The molecule has 1 aromatic carbocycles. The molecule has 3 rings (SSSR count). The van der Waals surface area contributed by atoms with Gasteiger partial charge >= 0.3 is 0 Å². The Morgan fingerprint density at radius 3 is 3.00 bits per heavy atom. The van der Waals surface area contributed by atoms with Crippen LogP contribution < -0.4 is 15.4 Å². The highest BCUT2D eigenvalue weighted by molar-refractivity contribution is 5.91. The zero-order valence-corrected chi connectivity index (χ0v) is 11.9. The average molecular weight is 286 g/mol. The molecule has 0 spiro atoms. The molecule has 110 valence electrons. The van der Waals surface area contributed by atoms with Crippen LogP contribution in [0.15, 0.2) is 24.3 Å². The Labute approximate surface area is 122 Å². The molecular formula is C15H18N4O2. The number of fused-ring (bicyclic) bond motifs is 1. The van der Waals surface area contributed by atoms with Crippen LogP contribution in [0.25, 0.3) is 0 Å². The summed E-state index contributed by atoms with van der Waals surface area (Å²) in [4.78, 5) is 11.9. The van der Waals surface area contributed by atoms with Gasteiger partial charge in [0.1, 0.15) is 5.75 Å². The van der Waals surface area contributed by atoms with E-state index in [0.717, 1.165) is 36.3 Å². The number of anilines is 1. The molecule has 2 aromatic rings. The highest BCUT2D eigenvalue weighted by Gasteiger charge is 2.18. The number of aromatic amines is 1. The largest absolute Gasteiger partial charge is 0.484 e. The summed E-state index contributed by atoms with van der Waals surface area (Å²) in [5, 5.41) is 13.1. The number of ether oxygens (including phenoxy) is 1. The van der Waals surface area contributed by atoms with Gasteiger partial charge in [0, 0.05) is 12.1 Å².